The highest BCUT2D eigenvalue weighted by atomic mass is 79.9. The molecule has 2 aromatic rings. The molecule has 2 aromatic heterocycles. The van der Waals surface area contributed by atoms with Crippen molar-refractivity contribution in [1.82, 2.24) is 5.16 Å². The van der Waals surface area contributed by atoms with E-state index in [2.05, 4.69) is 21.1 Å². The van der Waals surface area contributed by atoms with E-state index in [4.69, 9.17) is 14.7 Å². The van der Waals surface area contributed by atoms with Crippen molar-refractivity contribution >= 4 is 21.7 Å². The Bertz CT molecular complexity index is 355. The second kappa shape index (κ2) is 2.67. The summed E-state index contributed by atoms with van der Waals surface area (Å²) < 4.78 is 10.9. The lowest BCUT2D eigenvalue weighted by Gasteiger charge is -1.82. The number of nitrogens with zero attached hydrogens (tertiary/aromatic N) is 1. The summed E-state index contributed by atoms with van der Waals surface area (Å²) in [5.74, 6) is 1.47. The number of hydrogen-bond donors (Lipinski definition) is 1. The van der Waals surface area contributed by atoms with Gasteiger partial charge in [0.2, 0.25) is 5.76 Å². The largest absolute Gasteiger partial charge is 0.460 e. The Balaban J connectivity index is 2.43. The van der Waals surface area contributed by atoms with Gasteiger partial charge in [0.25, 0.3) is 0 Å². The average Bonchev–Trinajstić information content (AvgIpc) is 2.58. The summed E-state index contributed by atoms with van der Waals surface area (Å²) in [4.78, 5) is 0. The molecule has 0 saturated carbocycles. The van der Waals surface area contributed by atoms with Gasteiger partial charge >= 0.3 is 0 Å². The lowest BCUT2D eigenvalue weighted by molar-refractivity contribution is 0.421. The molecule has 0 saturated heterocycles. The Hall–Kier alpha value is -1.23. The van der Waals surface area contributed by atoms with Crippen LogP contribution >= 0.6 is 15.9 Å². The van der Waals surface area contributed by atoms with Gasteiger partial charge in [0, 0.05) is 12.1 Å². The Morgan fingerprint density at radius 3 is 2.67 bits per heavy atom. The first-order valence-corrected chi connectivity index (χ1v) is 4.01. The molecule has 0 aliphatic rings. The van der Waals surface area contributed by atoms with E-state index in [1.165, 1.54) is 0 Å². The lowest BCUT2D eigenvalue weighted by atomic mass is 10.3. The summed E-state index contributed by atoms with van der Waals surface area (Å²) in [6.07, 6.45) is 1.56. The number of halogens is 1. The highest BCUT2D eigenvalue weighted by molar-refractivity contribution is 9.10. The van der Waals surface area contributed by atoms with Crippen LogP contribution in [0.15, 0.2) is 31.8 Å². The Morgan fingerprint density at radius 1 is 1.33 bits per heavy atom. The fraction of sp³-hybridized carbons (Fsp3) is 0. The van der Waals surface area contributed by atoms with Crippen LogP contribution in [0.2, 0.25) is 0 Å². The molecule has 0 atom stereocenters. The second-order valence-corrected chi connectivity index (χ2v) is 3.16. The van der Waals surface area contributed by atoms with E-state index in [0.29, 0.717) is 17.3 Å². The van der Waals surface area contributed by atoms with Gasteiger partial charge in [-0.25, -0.2) is 0 Å². The van der Waals surface area contributed by atoms with Crippen molar-refractivity contribution in [3.8, 4) is 11.5 Å². The molecule has 2 N–H and O–H groups in total. The third-order valence-corrected chi connectivity index (χ3v) is 1.75. The molecule has 62 valence electrons. The van der Waals surface area contributed by atoms with Crippen LogP contribution in [-0.2, 0) is 0 Å². The quantitative estimate of drug-likeness (QED) is 0.814. The molecule has 12 heavy (non-hydrogen) atoms. The van der Waals surface area contributed by atoms with E-state index >= 15 is 0 Å². The number of nitrogens with two attached hydrogens (primary N) is 1. The van der Waals surface area contributed by atoms with Gasteiger partial charge in [-0.1, -0.05) is 5.16 Å². The maximum Gasteiger partial charge on any atom is 0.204 e. The Kier molecular flexibility index (Phi) is 1.65. The maximum atomic E-state index is 5.36. The molecular formula is C7H5BrN2O2. The van der Waals surface area contributed by atoms with Crippen LogP contribution in [0.25, 0.3) is 11.5 Å². The number of anilines is 1. The predicted molar refractivity (Wildman–Crippen MR) is 46.3 cm³/mol. The molecular weight excluding hydrogens is 224 g/mol. The van der Waals surface area contributed by atoms with E-state index in [1.807, 2.05) is 0 Å². The van der Waals surface area contributed by atoms with Crippen molar-refractivity contribution < 1.29 is 8.94 Å². The first-order chi connectivity index (χ1) is 5.75. The zero-order valence-corrected chi connectivity index (χ0v) is 7.54. The van der Waals surface area contributed by atoms with Crippen molar-refractivity contribution in [3.63, 3.8) is 0 Å². The summed E-state index contributed by atoms with van der Waals surface area (Å²) in [7, 11) is 0. The zero-order chi connectivity index (χ0) is 8.55. The number of hydrogen-bond acceptors (Lipinski definition) is 4. The van der Waals surface area contributed by atoms with E-state index in [-0.39, 0.29) is 0 Å². The molecule has 0 aromatic carbocycles. The molecule has 4 nitrogen and oxygen atoms in total. The molecule has 0 unspecified atom stereocenters. The molecule has 0 spiro atoms. The van der Waals surface area contributed by atoms with Gasteiger partial charge in [0.05, 0.1) is 4.47 Å². The molecule has 0 aliphatic heterocycles. The number of nitrogen functional groups attached to an aromatic ring is 1. The smallest absolute Gasteiger partial charge is 0.204 e. The van der Waals surface area contributed by atoms with Gasteiger partial charge in [-0.05, 0) is 15.9 Å². The molecule has 0 bridgehead atoms. The van der Waals surface area contributed by atoms with Crippen molar-refractivity contribution in [3.05, 3.63) is 22.9 Å². The van der Waals surface area contributed by atoms with Gasteiger partial charge in [0.15, 0.2) is 11.6 Å². The normalized spacial score (nSPS) is 10.4. The van der Waals surface area contributed by atoms with Crippen LogP contribution in [0.3, 0.4) is 0 Å². The number of rotatable bonds is 1. The summed E-state index contributed by atoms with van der Waals surface area (Å²) in [5, 5.41) is 3.53. The van der Waals surface area contributed by atoms with Crippen molar-refractivity contribution in [2.45, 2.75) is 0 Å². The minimum atomic E-state index is 0.345. The molecule has 0 fully saturated rings. The SMILES string of the molecule is Nc1cc(-c2cc(Br)co2)on1. The minimum absolute atomic E-state index is 0.345. The second-order valence-electron chi connectivity index (χ2n) is 2.25. The van der Waals surface area contributed by atoms with E-state index in [1.54, 1.807) is 18.4 Å². The molecule has 2 heterocycles. The first kappa shape index (κ1) is 7.42. The average molecular weight is 229 g/mol. The zero-order valence-electron chi connectivity index (χ0n) is 5.95. The summed E-state index contributed by atoms with van der Waals surface area (Å²) in [6.45, 7) is 0. The predicted octanol–water partition coefficient (Wildman–Crippen LogP) is 2.28. The summed E-state index contributed by atoms with van der Waals surface area (Å²) >= 11 is 3.25. The number of furan rings is 1. The van der Waals surface area contributed by atoms with Gasteiger partial charge in [0.1, 0.15) is 6.26 Å². The molecule has 0 amide bonds. The van der Waals surface area contributed by atoms with Gasteiger partial charge in [-0.2, -0.15) is 0 Å². The molecule has 0 aliphatic carbocycles. The van der Waals surface area contributed by atoms with Gasteiger partial charge in [-0.3, -0.25) is 0 Å². The van der Waals surface area contributed by atoms with Crippen molar-refractivity contribution in [1.29, 1.82) is 0 Å². The van der Waals surface area contributed by atoms with Crippen molar-refractivity contribution in [2.75, 3.05) is 5.73 Å². The highest BCUT2D eigenvalue weighted by Gasteiger charge is 2.08. The standard InChI is InChI=1S/C7H5BrN2O2/c8-4-1-5(11-3-4)6-2-7(9)10-12-6/h1-3H,(H2,9,10). The highest BCUT2D eigenvalue weighted by Crippen LogP contribution is 2.25. The molecule has 0 radical (unpaired) electrons. The third-order valence-electron chi connectivity index (χ3n) is 1.34. The van der Waals surface area contributed by atoms with Gasteiger partial charge < -0.3 is 14.7 Å². The monoisotopic (exact) mass is 228 g/mol. The van der Waals surface area contributed by atoms with Crippen LogP contribution < -0.4 is 5.73 Å². The van der Waals surface area contributed by atoms with Gasteiger partial charge in [-0.15, -0.1) is 0 Å². The van der Waals surface area contributed by atoms with E-state index in [9.17, 15) is 0 Å². The van der Waals surface area contributed by atoms with Crippen LogP contribution in [0, 0.1) is 0 Å². The number of aromatic nitrogens is 1. The summed E-state index contributed by atoms with van der Waals surface area (Å²) in [5.41, 5.74) is 5.36. The Morgan fingerprint density at radius 2 is 2.17 bits per heavy atom. The van der Waals surface area contributed by atoms with Crippen LogP contribution in [-0.4, -0.2) is 5.16 Å². The Labute approximate surface area is 76.5 Å². The topological polar surface area (TPSA) is 65.2 Å². The maximum absolute atomic E-state index is 5.36. The van der Waals surface area contributed by atoms with E-state index in [0.717, 1.165) is 4.47 Å². The lowest BCUT2D eigenvalue weighted by Crippen LogP contribution is -1.79. The fourth-order valence-corrected chi connectivity index (χ4v) is 1.15. The fourth-order valence-electron chi connectivity index (χ4n) is 0.847. The minimum Gasteiger partial charge on any atom is -0.460 e. The molecule has 2 rings (SSSR count). The first-order valence-electron chi connectivity index (χ1n) is 3.22. The van der Waals surface area contributed by atoms with E-state index < -0.39 is 0 Å². The molecule has 5 heteroatoms. The van der Waals surface area contributed by atoms with Crippen LogP contribution in [0.4, 0.5) is 5.82 Å². The summed E-state index contributed by atoms with van der Waals surface area (Å²) in [6, 6.07) is 3.38. The van der Waals surface area contributed by atoms with Crippen LogP contribution in [0.5, 0.6) is 0 Å². The third kappa shape index (κ3) is 1.23. The van der Waals surface area contributed by atoms with Crippen LogP contribution in [0.1, 0.15) is 0 Å². The van der Waals surface area contributed by atoms with Crippen molar-refractivity contribution in [2.24, 2.45) is 0 Å².